The highest BCUT2D eigenvalue weighted by atomic mass is 14.2. The average molecular weight is 685 g/mol. The lowest BCUT2D eigenvalue weighted by molar-refractivity contribution is 1.56. The van der Waals surface area contributed by atoms with Gasteiger partial charge < -0.3 is 0 Å². The molecule has 0 aliphatic carbocycles. The SMILES string of the molecule is c1ccc(-c2ccc(-c3ccc(-c4c5ccccc5c(-c5ccccc5)c5ccccc45)cc3-c3cccc(-c4ccc5ccccc5c4)c3)cc2)cc1. The number of fused-ring (bicyclic) bond motifs is 3. The first-order valence-electron chi connectivity index (χ1n) is 18.7. The van der Waals surface area contributed by atoms with Crippen molar-refractivity contribution in [3.05, 3.63) is 218 Å². The largest absolute Gasteiger partial charge is 0.0622 e. The molecule has 0 aliphatic heterocycles. The lowest BCUT2D eigenvalue weighted by atomic mass is 9.84. The number of rotatable bonds is 6. The fraction of sp³-hybridized carbons (Fsp3) is 0. The Kier molecular flexibility index (Phi) is 7.93. The second kappa shape index (κ2) is 13.5. The van der Waals surface area contributed by atoms with E-state index < -0.39 is 0 Å². The molecular weight excluding hydrogens is 649 g/mol. The van der Waals surface area contributed by atoms with E-state index in [-0.39, 0.29) is 0 Å². The van der Waals surface area contributed by atoms with Gasteiger partial charge in [0.1, 0.15) is 0 Å². The summed E-state index contributed by atoms with van der Waals surface area (Å²) in [5.41, 5.74) is 14.7. The predicted molar refractivity (Wildman–Crippen MR) is 232 cm³/mol. The zero-order chi connectivity index (χ0) is 35.8. The summed E-state index contributed by atoms with van der Waals surface area (Å²) in [6.45, 7) is 0. The van der Waals surface area contributed by atoms with E-state index in [2.05, 4.69) is 218 Å². The van der Waals surface area contributed by atoms with E-state index in [1.165, 1.54) is 99.1 Å². The van der Waals surface area contributed by atoms with Crippen LogP contribution in [0.3, 0.4) is 0 Å². The monoisotopic (exact) mass is 684 g/mol. The summed E-state index contributed by atoms with van der Waals surface area (Å²) in [6, 6.07) is 79.8. The molecule has 0 atom stereocenters. The highest BCUT2D eigenvalue weighted by Crippen LogP contribution is 2.46. The van der Waals surface area contributed by atoms with Crippen LogP contribution >= 0.6 is 0 Å². The molecule has 0 saturated carbocycles. The van der Waals surface area contributed by atoms with Crippen molar-refractivity contribution in [2.24, 2.45) is 0 Å². The summed E-state index contributed by atoms with van der Waals surface area (Å²) in [5, 5.41) is 7.54. The molecule has 0 fully saturated rings. The number of hydrogen-bond acceptors (Lipinski definition) is 0. The van der Waals surface area contributed by atoms with Crippen LogP contribution in [0.5, 0.6) is 0 Å². The normalized spacial score (nSPS) is 11.3. The molecule has 252 valence electrons. The van der Waals surface area contributed by atoms with E-state index in [1.807, 2.05) is 0 Å². The first kappa shape index (κ1) is 31.7. The Balaban J connectivity index is 1.20. The molecule has 54 heavy (non-hydrogen) atoms. The molecule has 0 aromatic heterocycles. The molecule has 0 aliphatic rings. The molecule has 0 nitrogen and oxygen atoms in total. The van der Waals surface area contributed by atoms with Crippen LogP contribution in [0.25, 0.3) is 99.1 Å². The molecule has 0 heteroatoms. The topological polar surface area (TPSA) is 0 Å². The third-order valence-corrected chi connectivity index (χ3v) is 10.9. The van der Waals surface area contributed by atoms with Crippen molar-refractivity contribution in [1.29, 1.82) is 0 Å². The summed E-state index contributed by atoms with van der Waals surface area (Å²) >= 11 is 0. The molecule has 10 aromatic rings. The Morgan fingerprint density at radius 3 is 1.30 bits per heavy atom. The van der Waals surface area contributed by atoms with Crippen molar-refractivity contribution in [3.8, 4) is 66.8 Å². The second-order valence-corrected chi connectivity index (χ2v) is 14.1. The van der Waals surface area contributed by atoms with Crippen LogP contribution in [0, 0.1) is 0 Å². The van der Waals surface area contributed by atoms with Crippen molar-refractivity contribution in [1.82, 2.24) is 0 Å². The van der Waals surface area contributed by atoms with Crippen molar-refractivity contribution in [3.63, 3.8) is 0 Å². The van der Waals surface area contributed by atoms with Crippen LogP contribution in [0.1, 0.15) is 0 Å². The van der Waals surface area contributed by atoms with Crippen LogP contribution in [0.4, 0.5) is 0 Å². The van der Waals surface area contributed by atoms with Gasteiger partial charge in [0.15, 0.2) is 0 Å². The maximum absolute atomic E-state index is 2.43. The third-order valence-electron chi connectivity index (χ3n) is 10.9. The average Bonchev–Trinajstić information content (AvgIpc) is 3.26. The van der Waals surface area contributed by atoms with Crippen LogP contribution < -0.4 is 0 Å². The van der Waals surface area contributed by atoms with Crippen molar-refractivity contribution < 1.29 is 0 Å². The number of hydrogen-bond donors (Lipinski definition) is 0. The molecule has 0 radical (unpaired) electrons. The quantitative estimate of drug-likeness (QED) is 0.153. The van der Waals surface area contributed by atoms with Gasteiger partial charge in [-0.15, -0.1) is 0 Å². The van der Waals surface area contributed by atoms with E-state index in [0.717, 1.165) is 0 Å². The van der Waals surface area contributed by atoms with Crippen LogP contribution in [-0.4, -0.2) is 0 Å². The minimum absolute atomic E-state index is 1.19. The summed E-state index contributed by atoms with van der Waals surface area (Å²) in [5.74, 6) is 0. The smallest absolute Gasteiger partial charge is 0.00261 e. The molecular formula is C54H36. The first-order chi connectivity index (χ1) is 26.8. The minimum Gasteiger partial charge on any atom is -0.0622 e. The Morgan fingerprint density at radius 2 is 0.630 bits per heavy atom. The van der Waals surface area contributed by atoms with Gasteiger partial charge in [-0.05, 0) is 117 Å². The van der Waals surface area contributed by atoms with E-state index >= 15 is 0 Å². The zero-order valence-corrected chi connectivity index (χ0v) is 29.8. The summed E-state index contributed by atoms with van der Waals surface area (Å²) in [7, 11) is 0. The Morgan fingerprint density at radius 1 is 0.185 bits per heavy atom. The zero-order valence-electron chi connectivity index (χ0n) is 29.8. The molecule has 10 aromatic carbocycles. The van der Waals surface area contributed by atoms with Gasteiger partial charge in [-0.3, -0.25) is 0 Å². The maximum atomic E-state index is 2.43. The Bertz CT molecular complexity index is 2900. The summed E-state index contributed by atoms with van der Waals surface area (Å²) in [4.78, 5) is 0. The maximum Gasteiger partial charge on any atom is -0.00261 e. The molecule has 0 N–H and O–H groups in total. The molecule has 0 bridgehead atoms. The van der Waals surface area contributed by atoms with Gasteiger partial charge in [0, 0.05) is 0 Å². The van der Waals surface area contributed by atoms with E-state index in [9.17, 15) is 0 Å². The minimum atomic E-state index is 1.19. The lowest BCUT2D eigenvalue weighted by Gasteiger charge is -2.19. The first-order valence-corrected chi connectivity index (χ1v) is 18.7. The van der Waals surface area contributed by atoms with Gasteiger partial charge in [0.2, 0.25) is 0 Å². The van der Waals surface area contributed by atoms with E-state index in [0.29, 0.717) is 0 Å². The van der Waals surface area contributed by atoms with Gasteiger partial charge in [-0.25, -0.2) is 0 Å². The van der Waals surface area contributed by atoms with Gasteiger partial charge in [-0.1, -0.05) is 200 Å². The van der Waals surface area contributed by atoms with Crippen LogP contribution in [0.2, 0.25) is 0 Å². The van der Waals surface area contributed by atoms with Gasteiger partial charge in [0.05, 0.1) is 0 Å². The van der Waals surface area contributed by atoms with Crippen molar-refractivity contribution in [2.45, 2.75) is 0 Å². The molecule has 0 unspecified atom stereocenters. The van der Waals surface area contributed by atoms with Crippen molar-refractivity contribution >= 4 is 32.3 Å². The Labute approximate surface area is 316 Å². The van der Waals surface area contributed by atoms with E-state index in [1.54, 1.807) is 0 Å². The fourth-order valence-corrected chi connectivity index (χ4v) is 8.25. The molecule has 0 saturated heterocycles. The Hall–Kier alpha value is -7.02. The van der Waals surface area contributed by atoms with Gasteiger partial charge in [-0.2, -0.15) is 0 Å². The van der Waals surface area contributed by atoms with E-state index in [4.69, 9.17) is 0 Å². The van der Waals surface area contributed by atoms with Crippen LogP contribution in [0.15, 0.2) is 218 Å². The van der Waals surface area contributed by atoms with Gasteiger partial charge >= 0.3 is 0 Å². The van der Waals surface area contributed by atoms with Crippen LogP contribution in [-0.2, 0) is 0 Å². The second-order valence-electron chi connectivity index (χ2n) is 14.1. The standard InChI is InChI=1S/C54H36/c1-3-14-37(15-4-1)39-26-29-40(30-27-39)47-33-32-46(36-52(47)45-21-13-20-43(35-45)44-31-28-38-16-7-8-19-42(38)34-44)54-50-24-11-9-22-48(50)53(41-17-5-2-6-18-41)49-23-10-12-25-51(49)54/h1-36H. The molecule has 0 heterocycles. The van der Waals surface area contributed by atoms with Crippen molar-refractivity contribution in [2.75, 3.05) is 0 Å². The summed E-state index contributed by atoms with van der Waals surface area (Å²) < 4.78 is 0. The molecule has 10 rings (SSSR count). The third kappa shape index (κ3) is 5.66. The summed E-state index contributed by atoms with van der Waals surface area (Å²) in [6.07, 6.45) is 0. The van der Waals surface area contributed by atoms with Gasteiger partial charge in [0.25, 0.3) is 0 Å². The predicted octanol–water partition coefficient (Wildman–Crippen LogP) is 15.1. The molecule has 0 amide bonds. The highest BCUT2D eigenvalue weighted by Gasteiger charge is 2.18. The highest BCUT2D eigenvalue weighted by molar-refractivity contribution is 6.21. The fourth-order valence-electron chi connectivity index (χ4n) is 8.25. The molecule has 0 spiro atoms. The number of benzene rings is 10. The lowest BCUT2D eigenvalue weighted by Crippen LogP contribution is -1.93.